The molecule has 0 heterocycles. The molecule has 1 rings (SSSR count). The summed E-state index contributed by atoms with van der Waals surface area (Å²) in [5.41, 5.74) is 2.66. The average Bonchev–Trinajstić information content (AvgIpc) is 2.40. The van der Waals surface area contributed by atoms with E-state index in [1.54, 1.807) is 20.1 Å². The van der Waals surface area contributed by atoms with Crippen molar-refractivity contribution in [3.05, 3.63) is 41.0 Å². The Morgan fingerprint density at radius 1 is 1.42 bits per heavy atom. The number of hydrogen-bond donors (Lipinski definition) is 1. The van der Waals surface area contributed by atoms with E-state index in [2.05, 4.69) is 0 Å². The van der Waals surface area contributed by atoms with Crippen LogP contribution in [-0.4, -0.2) is 24.8 Å². The first-order chi connectivity index (χ1) is 9.22. The fourth-order valence-electron chi connectivity index (χ4n) is 1.80. The molecule has 0 unspecified atom stereocenters. The van der Waals surface area contributed by atoms with Crippen LogP contribution in [0.1, 0.15) is 30.0 Å². The second-order valence-corrected chi connectivity index (χ2v) is 3.99. The van der Waals surface area contributed by atoms with Crippen molar-refractivity contribution in [2.75, 3.05) is 13.7 Å². The number of carbonyl (C=O) groups is 1. The Morgan fingerprint density at radius 3 is 2.84 bits per heavy atom. The molecule has 0 saturated carbocycles. The zero-order valence-electron chi connectivity index (χ0n) is 11.4. The summed E-state index contributed by atoms with van der Waals surface area (Å²) in [7, 11) is 1.62. The van der Waals surface area contributed by atoms with Crippen LogP contribution in [0, 0.1) is 0 Å². The molecule has 19 heavy (non-hydrogen) atoms. The first-order valence-corrected chi connectivity index (χ1v) is 6.25. The standard InChI is InChI=1S/C15H20O4/c1-3-19-15(17)9-5-7-12-6-4-8-13(11-18-2)14(12)10-16/h4-8,16H,3,9-11H2,1-2H3/b7-5-. The van der Waals surface area contributed by atoms with Gasteiger partial charge in [-0.25, -0.2) is 0 Å². The minimum atomic E-state index is -0.252. The Morgan fingerprint density at radius 2 is 2.21 bits per heavy atom. The Balaban J connectivity index is 2.79. The first-order valence-electron chi connectivity index (χ1n) is 6.25. The largest absolute Gasteiger partial charge is 0.466 e. The third-order valence-electron chi connectivity index (χ3n) is 2.65. The summed E-state index contributed by atoms with van der Waals surface area (Å²) in [5.74, 6) is -0.252. The van der Waals surface area contributed by atoms with Gasteiger partial charge in [-0.15, -0.1) is 0 Å². The van der Waals surface area contributed by atoms with E-state index < -0.39 is 0 Å². The molecule has 0 atom stereocenters. The number of aliphatic hydroxyl groups excluding tert-OH is 1. The highest BCUT2D eigenvalue weighted by Crippen LogP contribution is 2.17. The molecule has 1 N–H and O–H groups in total. The number of carbonyl (C=O) groups excluding carboxylic acids is 1. The van der Waals surface area contributed by atoms with Crippen molar-refractivity contribution in [2.24, 2.45) is 0 Å². The van der Waals surface area contributed by atoms with Crippen molar-refractivity contribution in [3.8, 4) is 0 Å². The number of benzene rings is 1. The van der Waals surface area contributed by atoms with Crippen molar-refractivity contribution in [1.29, 1.82) is 0 Å². The molecule has 0 bridgehead atoms. The van der Waals surface area contributed by atoms with Gasteiger partial charge in [0, 0.05) is 7.11 Å². The van der Waals surface area contributed by atoms with Gasteiger partial charge in [-0.2, -0.15) is 0 Å². The van der Waals surface area contributed by atoms with Crippen molar-refractivity contribution in [1.82, 2.24) is 0 Å². The van der Waals surface area contributed by atoms with Gasteiger partial charge in [0.1, 0.15) is 0 Å². The van der Waals surface area contributed by atoms with Gasteiger partial charge in [-0.1, -0.05) is 30.4 Å². The van der Waals surface area contributed by atoms with Gasteiger partial charge in [-0.3, -0.25) is 4.79 Å². The van der Waals surface area contributed by atoms with Crippen molar-refractivity contribution in [3.63, 3.8) is 0 Å². The monoisotopic (exact) mass is 264 g/mol. The summed E-state index contributed by atoms with van der Waals surface area (Å²) in [6.07, 6.45) is 3.79. The molecule has 0 aromatic heterocycles. The molecule has 0 saturated heterocycles. The molecule has 0 aliphatic carbocycles. The maximum absolute atomic E-state index is 11.2. The van der Waals surface area contributed by atoms with Crippen LogP contribution in [0.4, 0.5) is 0 Å². The zero-order chi connectivity index (χ0) is 14.1. The fraction of sp³-hybridized carbons (Fsp3) is 0.400. The maximum atomic E-state index is 11.2. The number of rotatable bonds is 7. The Hall–Kier alpha value is -1.65. The lowest BCUT2D eigenvalue weighted by molar-refractivity contribution is -0.142. The summed E-state index contributed by atoms with van der Waals surface area (Å²) < 4.78 is 9.93. The summed E-state index contributed by atoms with van der Waals surface area (Å²) in [4.78, 5) is 11.2. The van der Waals surface area contributed by atoms with Gasteiger partial charge in [-0.05, 0) is 23.6 Å². The van der Waals surface area contributed by atoms with E-state index in [9.17, 15) is 9.90 Å². The van der Waals surface area contributed by atoms with E-state index in [1.165, 1.54) is 0 Å². The van der Waals surface area contributed by atoms with E-state index in [-0.39, 0.29) is 19.0 Å². The van der Waals surface area contributed by atoms with Gasteiger partial charge in [0.25, 0.3) is 0 Å². The summed E-state index contributed by atoms with van der Waals surface area (Å²) >= 11 is 0. The minimum Gasteiger partial charge on any atom is -0.466 e. The topological polar surface area (TPSA) is 55.8 Å². The van der Waals surface area contributed by atoms with Crippen LogP contribution < -0.4 is 0 Å². The van der Waals surface area contributed by atoms with Gasteiger partial charge >= 0.3 is 5.97 Å². The number of esters is 1. The summed E-state index contributed by atoms with van der Waals surface area (Å²) in [5, 5.41) is 9.44. The van der Waals surface area contributed by atoms with E-state index in [0.29, 0.717) is 13.2 Å². The number of aliphatic hydroxyl groups is 1. The van der Waals surface area contributed by atoms with Gasteiger partial charge < -0.3 is 14.6 Å². The normalized spacial score (nSPS) is 10.9. The van der Waals surface area contributed by atoms with Crippen LogP contribution in [0.2, 0.25) is 0 Å². The number of methoxy groups -OCH3 is 1. The van der Waals surface area contributed by atoms with Crippen LogP contribution >= 0.6 is 0 Å². The molecule has 0 radical (unpaired) electrons. The highest BCUT2D eigenvalue weighted by atomic mass is 16.5. The molecule has 0 spiro atoms. The first kappa shape index (κ1) is 15.4. The molecule has 1 aromatic carbocycles. The van der Waals surface area contributed by atoms with E-state index in [1.807, 2.05) is 24.3 Å². The van der Waals surface area contributed by atoms with Crippen LogP contribution in [0.25, 0.3) is 6.08 Å². The highest BCUT2D eigenvalue weighted by Gasteiger charge is 2.05. The van der Waals surface area contributed by atoms with E-state index in [4.69, 9.17) is 9.47 Å². The van der Waals surface area contributed by atoms with Crippen LogP contribution in [0.15, 0.2) is 24.3 Å². The van der Waals surface area contributed by atoms with Crippen LogP contribution in [-0.2, 0) is 27.5 Å². The number of hydrogen-bond acceptors (Lipinski definition) is 4. The predicted octanol–water partition coefficient (Wildman–Crippen LogP) is 2.29. The van der Waals surface area contributed by atoms with E-state index >= 15 is 0 Å². The third kappa shape index (κ3) is 4.85. The quantitative estimate of drug-likeness (QED) is 0.768. The molecule has 0 fully saturated rings. The van der Waals surface area contributed by atoms with Crippen molar-refractivity contribution >= 4 is 12.0 Å². The molecule has 104 valence electrons. The molecular formula is C15H20O4. The summed E-state index contributed by atoms with van der Waals surface area (Å²) in [6, 6.07) is 5.71. The molecule has 1 aromatic rings. The van der Waals surface area contributed by atoms with Crippen LogP contribution in [0.3, 0.4) is 0 Å². The lowest BCUT2D eigenvalue weighted by Crippen LogP contribution is -2.01. The number of ether oxygens (including phenoxy) is 2. The van der Waals surface area contributed by atoms with Gasteiger partial charge in [0.2, 0.25) is 0 Å². The summed E-state index contributed by atoms with van der Waals surface area (Å²) in [6.45, 7) is 2.56. The van der Waals surface area contributed by atoms with Gasteiger partial charge in [0.05, 0.1) is 26.2 Å². The van der Waals surface area contributed by atoms with Gasteiger partial charge in [0.15, 0.2) is 0 Å². The second-order valence-electron chi connectivity index (χ2n) is 3.99. The van der Waals surface area contributed by atoms with Crippen molar-refractivity contribution < 1.29 is 19.4 Å². The molecule has 0 aliphatic rings. The molecular weight excluding hydrogens is 244 g/mol. The second kappa shape index (κ2) is 8.45. The molecule has 0 aliphatic heterocycles. The zero-order valence-corrected chi connectivity index (χ0v) is 11.4. The average molecular weight is 264 g/mol. The van der Waals surface area contributed by atoms with E-state index in [0.717, 1.165) is 16.7 Å². The third-order valence-corrected chi connectivity index (χ3v) is 2.65. The Kier molecular flexibility index (Phi) is 6.85. The van der Waals surface area contributed by atoms with Crippen molar-refractivity contribution in [2.45, 2.75) is 26.6 Å². The Labute approximate surface area is 113 Å². The maximum Gasteiger partial charge on any atom is 0.309 e. The highest BCUT2D eigenvalue weighted by molar-refractivity contribution is 5.73. The smallest absolute Gasteiger partial charge is 0.309 e. The van der Waals surface area contributed by atoms with Crippen LogP contribution in [0.5, 0.6) is 0 Å². The minimum absolute atomic E-state index is 0.0569. The lowest BCUT2D eigenvalue weighted by atomic mass is 10.0. The fourth-order valence-corrected chi connectivity index (χ4v) is 1.80. The predicted molar refractivity (Wildman–Crippen MR) is 73.4 cm³/mol. The Bertz CT molecular complexity index is 438. The SMILES string of the molecule is CCOC(=O)C/C=C\c1cccc(COC)c1CO. The molecule has 4 heteroatoms. The molecule has 0 amide bonds. The molecule has 4 nitrogen and oxygen atoms in total. The lowest BCUT2D eigenvalue weighted by Gasteiger charge is -2.09.